The number of hydrogen-bond acceptors (Lipinski definition) is 5. The zero-order chi connectivity index (χ0) is 25.4. The highest BCUT2D eigenvalue weighted by molar-refractivity contribution is 5.97. The summed E-state index contributed by atoms with van der Waals surface area (Å²) in [4.78, 5) is 36.6. The molecule has 5 rings (SSSR count). The molecule has 1 N–H and O–H groups in total. The minimum absolute atomic E-state index is 0.0525. The molecule has 2 saturated heterocycles. The van der Waals surface area contributed by atoms with Gasteiger partial charge in [-0.1, -0.05) is 32.0 Å². The number of pyridine rings is 1. The molecule has 0 aliphatic carbocycles. The van der Waals surface area contributed by atoms with E-state index in [0.29, 0.717) is 38.0 Å². The molecule has 3 aliphatic rings. The van der Waals surface area contributed by atoms with Gasteiger partial charge in [0.2, 0.25) is 11.8 Å². The van der Waals surface area contributed by atoms with Gasteiger partial charge in [-0.15, -0.1) is 0 Å². The maximum Gasteiger partial charge on any atom is 0.241 e. The van der Waals surface area contributed by atoms with Gasteiger partial charge in [-0.2, -0.15) is 0 Å². The maximum absolute atomic E-state index is 14.2. The zero-order valence-corrected chi connectivity index (χ0v) is 21.5. The minimum Gasteiger partial charge on any atom is -0.341 e. The molecule has 2 aromatic rings. The Balaban J connectivity index is 1.35. The number of amides is 2. The second-order valence-electron chi connectivity index (χ2n) is 11.2. The molecule has 0 spiro atoms. The minimum atomic E-state index is -0.247. The van der Waals surface area contributed by atoms with Gasteiger partial charge in [-0.25, -0.2) is 4.39 Å². The van der Waals surface area contributed by atoms with E-state index in [1.165, 1.54) is 6.07 Å². The van der Waals surface area contributed by atoms with Crippen LogP contribution in [0.25, 0.3) is 0 Å². The van der Waals surface area contributed by atoms with Crippen molar-refractivity contribution in [1.29, 1.82) is 0 Å². The molecule has 8 heteroatoms. The number of hydrogen-bond donors (Lipinski definition) is 1. The number of nitrogens with zero attached hydrogens (tertiary/aromatic N) is 4. The van der Waals surface area contributed by atoms with Crippen molar-refractivity contribution < 1.29 is 14.0 Å². The number of carbonyl (C=O) groups excluding carboxylic acids is 2. The molecule has 1 aromatic carbocycles. The number of anilines is 1. The Hall–Kier alpha value is -2.84. The molecule has 0 radical (unpaired) electrons. The summed E-state index contributed by atoms with van der Waals surface area (Å²) in [5, 5.41) is 3.51. The van der Waals surface area contributed by atoms with Gasteiger partial charge in [0.25, 0.3) is 0 Å². The van der Waals surface area contributed by atoms with Crippen LogP contribution in [-0.2, 0) is 21.4 Å². The van der Waals surface area contributed by atoms with Crippen molar-refractivity contribution >= 4 is 17.5 Å². The van der Waals surface area contributed by atoms with Gasteiger partial charge < -0.3 is 15.1 Å². The fourth-order valence-electron chi connectivity index (χ4n) is 5.77. The second-order valence-corrected chi connectivity index (χ2v) is 11.2. The van der Waals surface area contributed by atoms with Gasteiger partial charge in [-0.3, -0.25) is 19.5 Å². The predicted octanol–water partition coefficient (Wildman–Crippen LogP) is 2.72. The lowest BCUT2D eigenvalue weighted by Gasteiger charge is -2.41. The summed E-state index contributed by atoms with van der Waals surface area (Å²) in [5.74, 6) is 0.0186. The van der Waals surface area contributed by atoms with Crippen LogP contribution in [0.2, 0.25) is 0 Å². The lowest BCUT2D eigenvalue weighted by molar-refractivity contribution is -0.128. The third-order valence-corrected chi connectivity index (χ3v) is 7.81. The zero-order valence-electron chi connectivity index (χ0n) is 21.5. The number of likely N-dealkylation sites (tertiary alicyclic amines) is 1. The van der Waals surface area contributed by atoms with Crippen molar-refractivity contribution in [2.24, 2.45) is 0 Å². The summed E-state index contributed by atoms with van der Waals surface area (Å²) in [5.41, 5.74) is 3.04. The van der Waals surface area contributed by atoms with E-state index < -0.39 is 0 Å². The van der Waals surface area contributed by atoms with Crippen LogP contribution >= 0.6 is 0 Å². The summed E-state index contributed by atoms with van der Waals surface area (Å²) in [6.07, 6.45) is 3.77. The van der Waals surface area contributed by atoms with Gasteiger partial charge in [-0.05, 0) is 31.0 Å². The molecular weight excluding hydrogens is 457 g/mol. The van der Waals surface area contributed by atoms with E-state index >= 15 is 0 Å². The van der Waals surface area contributed by atoms with E-state index in [4.69, 9.17) is 0 Å². The van der Waals surface area contributed by atoms with Gasteiger partial charge in [0, 0.05) is 80.5 Å². The van der Waals surface area contributed by atoms with E-state index in [1.54, 1.807) is 12.1 Å². The highest BCUT2D eigenvalue weighted by Gasteiger charge is 2.40. The quantitative estimate of drug-likeness (QED) is 0.670. The van der Waals surface area contributed by atoms with Crippen LogP contribution in [-0.4, -0.2) is 78.0 Å². The van der Waals surface area contributed by atoms with Crippen molar-refractivity contribution in [3.63, 3.8) is 0 Å². The topological polar surface area (TPSA) is 68.8 Å². The number of fused-ring (bicyclic) bond motifs is 1. The molecule has 2 amide bonds. The SMILES string of the molecule is C[C@@H]1CN(CC(=O)N2CC(C)(C)c3cnc(Cc4ccccc4F)cc32)[C@@H](CN2CCCC2=O)CN1. The lowest BCUT2D eigenvalue weighted by Crippen LogP contribution is -2.60. The fourth-order valence-corrected chi connectivity index (χ4v) is 5.77. The Labute approximate surface area is 212 Å². The van der Waals surface area contributed by atoms with E-state index in [0.717, 1.165) is 43.0 Å². The highest BCUT2D eigenvalue weighted by atomic mass is 19.1. The number of halogens is 1. The van der Waals surface area contributed by atoms with Gasteiger partial charge in [0.1, 0.15) is 5.82 Å². The Bertz CT molecular complexity index is 1150. The summed E-state index contributed by atoms with van der Waals surface area (Å²) in [7, 11) is 0. The smallest absolute Gasteiger partial charge is 0.241 e. The van der Waals surface area contributed by atoms with Crippen molar-refractivity contribution in [1.82, 2.24) is 20.1 Å². The maximum atomic E-state index is 14.2. The van der Waals surface area contributed by atoms with Gasteiger partial charge in [0.15, 0.2) is 0 Å². The fraction of sp³-hybridized carbons (Fsp3) is 0.536. The van der Waals surface area contributed by atoms with Crippen LogP contribution in [0.1, 0.15) is 50.4 Å². The Morgan fingerprint density at radius 3 is 2.83 bits per heavy atom. The third kappa shape index (κ3) is 5.02. The molecular formula is C28H36FN5O2. The number of benzene rings is 1. The first-order chi connectivity index (χ1) is 17.2. The lowest BCUT2D eigenvalue weighted by atomic mass is 9.88. The van der Waals surface area contributed by atoms with Crippen molar-refractivity contribution in [3.05, 3.63) is 59.2 Å². The number of carbonyl (C=O) groups is 2. The summed E-state index contributed by atoms with van der Waals surface area (Å²) < 4.78 is 14.2. The van der Waals surface area contributed by atoms with Crippen LogP contribution in [0.4, 0.5) is 10.1 Å². The van der Waals surface area contributed by atoms with E-state index in [1.807, 2.05) is 28.1 Å². The van der Waals surface area contributed by atoms with Crippen LogP contribution < -0.4 is 10.2 Å². The van der Waals surface area contributed by atoms with Crippen LogP contribution in [0.5, 0.6) is 0 Å². The molecule has 2 fully saturated rings. The molecule has 36 heavy (non-hydrogen) atoms. The normalized spacial score (nSPS) is 23.8. The van der Waals surface area contributed by atoms with Crippen LogP contribution in [0.15, 0.2) is 36.5 Å². The van der Waals surface area contributed by atoms with E-state index in [2.05, 4.69) is 36.0 Å². The number of piperazine rings is 1. The molecule has 7 nitrogen and oxygen atoms in total. The molecule has 1 aromatic heterocycles. The standard InChI is InChI=1S/C28H36FN5O2/c1-19-15-33(22(13-30-19)16-32-10-6-9-26(32)35)17-27(36)34-18-28(2,3)23-14-31-21(12-25(23)34)11-20-7-4-5-8-24(20)29/h4-5,7-8,12,14,19,22,30H,6,9-11,13,15-18H2,1-3H3/t19-,22-/m1/s1. The van der Waals surface area contributed by atoms with E-state index in [9.17, 15) is 14.0 Å². The highest BCUT2D eigenvalue weighted by Crippen LogP contribution is 2.40. The average Bonchev–Trinajstić information content (AvgIpc) is 3.36. The molecule has 0 bridgehead atoms. The largest absolute Gasteiger partial charge is 0.341 e. The second kappa shape index (κ2) is 9.90. The summed E-state index contributed by atoms with van der Waals surface area (Å²) >= 11 is 0. The van der Waals surface area contributed by atoms with Crippen LogP contribution in [0.3, 0.4) is 0 Å². The van der Waals surface area contributed by atoms with E-state index in [-0.39, 0.29) is 35.1 Å². The monoisotopic (exact) mass is 493 g/mol. The first kappa shape index (κ1) is 24.8. The third-order valence-electron chi connectivity index (χ3n) is 7.81. The first-order valence-corrected chi connectivity index (χ1v) is 13.0. The molecule has 192 valence electrons. The van der Waals surface area contributed by atoms with Crippen LogP contribution in [0, 0.1) is 5.82 Å². The Morgan fingerprint density at radius 2 is 2.08 bits per heavy atom. The van der Waals surface area contributed by atoms with Gasteiger partial charge in [0.05, 0.1) is 12.2 Å². The molecule has 0 unspecified atom stereocenters. The number of nitrogens with one attached hydrogen (secondary N) is 1. The van der Waals surface area contributed by atoms with Crippen molar-refractivity contribution in [2.75, 3.05) is 44.2 Å². The molecule has 4 heterocycles. The first-order valence-electron chi connectivity index (χ1n) is 13.0. The summed E-state index contributed by atoms with van der Waals surface area (Å²) in [6.45, 7) is 10.3. The molecule has 0 saturated carbocycles. The van der Waals surface area contributed by atoms with Crippen molar-refractivity contribution in [3.8, 4) is 0 Å². The average molecular weight is 494 g/mol. The Kier molecular flexibility index (Phi) is 6.83. The van der Waals surface area contributed by atoms with Crippen molar-refractivity contribution in [2.45, 2.75) is 57.5 Å². The number of rotatable bonds is 6. The Morgan fingerprint density at radius 1 is 1.28 bits per heavy atom. The molecule has 2 atom stereocenters. The summed E-state index contributed by atoms with van der Waals surface area (Å²) in [6, 6.07) is 9.08. The van der Waals surface area contributed by atoms with Gasteiger partial charge >= 0.3 is 0 Å². The number of aromatic nitrogens is 1. The molecule has 3 aliphatic heterocycles. The predicted molar refractivity (Wildman–Crippen MR) is 137 cm³/mol.